The van der Waals surface area contributed by atoms with Crippen LogP contribution in [0.5, 0.6) is 0 Å². The van der Waals surface area contributed by atoms with Crippen LogP contribution in [0.2, 0.25) is 0 Å². The summed E-state index contributed by atoms with van der Waals surface area (Å²) in [6.07, 6.45) is 8.50. The third-order valence-corrected chi connectivity index (χ3v) is 4.03. The lowest BCUT2D eigenvalue weighted by atomic mass is 10.0. The molecular formula is C20H32O3. The van der Waals surface area contributed by atoms with E-state index in [1.165, 1.54) is 32.1 Å². The van der Waals surface area contributed by atoms with Crippen LogP contribution in [0.1, 0.15) is 75.6 Å². The Morgan fingerprint density at radius 2 is 1.74 bits per heavy atom. The molecule has 0 aromatic heterocycles. The van der Waals surface area contributed by atoms with Crippen LogP contribution in [0.4, 0.5) is 0 Å². The van der Waals surface area contributed by atoms with Gasteiger partial charge in [-0.2, -0.15) is 0 Å². The highest BCUT2D eigenvalue weighted by molar-refractivity contribution is 5.96. The van der Waals surface area contributed by atoms with Crippen molar-refractivity contribution in [2.45, 2.75) is 77.4 Å². The first-order valence-corrected chi connectivity index (χ1v) is 9.01. The molecule has 0 saturated carbocycles. The van der Waals surface area contributed by atoms with Crippen LogP contribution in [-0.4, -0.2) is 29.7 Å². The minimum absolute atomic E-state index is 0.00383. The molecule has 2 unspecified atom stereocenters. The van der Waals surface area contributed by atoms with Crippen molar-refractivity contribution in [2.75, 3.05) is 6.61 Å². The minimum atomic E-state index is -0.396. The number of ether oxygens (including phenoxy) is 1. The summed E-state index contributed by atoms with van der Waals surface area (Å²) in [6, 6.07) is 9.23. The van der Waals surface area contributed by atoms with Gasteiger partial charge in [0.1, 0.15) is 6.61 Å². The van der Waals surface area contributed by atoms with Gasteiger partial charge in [0.2, 0.25) is 0 Å². The van der Waals surface area contributed by atoms with Crippen LogP contribution >= 0.6 is 0 Å². The van der Waals surface area contributed by atoms with E-state index in [9.17, 15) is 9.90 Å². The predicted molar refractivity (Wildman–Crippen MR) is 94.8 cm³/mol. The maximum atomic E-state index is 12.1. The largest absolute Gasteiger partial charge is 0.393 e. The van der Waals surface area contributed by atoms with Gasteiger partial charge in [-0.05, 0) is 19.8 Å². The van der Waals surface area contributed by atoms with E-state index >= 15 is 0 Å². The smallest absolute Gasteiger partial charge is 0.188 e. The van der Waals surface area contributed by atoms with Gasteiger partial charge in [0.15, 0.2) is 5.78 Å². The zero-order valence-electron chi connectivity index (χ0n) is 14.7. The van der Waals surface area contributed by atoms with Gasteiger partial charge in [-0.1, -0.05) is 75.8 Å². The Labute approximate surface area is 141 Å². The van der Waals surface area contributed by atoms with Crippen LogP contribution in [0.15, 0.2) is 30.3 Å². The molecule has 1 aromatic rings. The number of benzene rings is 1. The number of aliphatic hydroxyl groups is 1. The molecule has 0 saturated heterocycles. The first-order chi connectivity index (χ1) is 11.1. The highest BCUT2D eigenvalue weighted by Gasteiger charge is 2.15. The number of hydrogen-bond acceptors (Lipinski definition) is 3. The van der Waals surface area contributed by atoms with Crippen LogP contribution in [-0.2, 0) is 4.74 Å². The number of unbranched alkanes of at least 4 members (excludes halogenated alkanes) is 5. The van der Waals surface area contributed by atoms with Crippen molar-refractivity contribution in [3.05, 3.63) is 35.9 Å². The molecule has 0 aliphatic heterocycles. The van der Waals surface area contributed by atoms with Gasteiger partial charge in [0.25, 0.3) is 0 Å². The summed E-state index contributed by atoms with van der Waals surface area (Å²) in [6.45, 7) is 4.09. The Bertz CT molecular complexity index is 414. The van der Waals surface area contributed by atoms with Crippen LogP contribution in [0.25, 0.3) is 0 Å². The van der Waals surface area contributed by atoms with Crippen molar-refractivity contribution in [2.24, 2.45) is 0 Å². The second-order valence-corrected chi connectivity index (χ2v) is 6.36. The fraction of sp³-hybridized carbons (Fsp3) is 0.650. The molecule has 0 aliphatic carbocycles. The number of aliphatic hydroxyl groups excluding tert-OH is 1. The second-order valence-electron chi connectivity index (χ2n) is 6.36. The molecule has 0 radical (unpaired) electrons. The molecule has 0 bridgehead atoms. The van der Waals surface area contributed by atoms with Gasteiger partial charge >= 0.3 is 0 Å². The maximum absolute atomic E-state index is 12.1. The third-order valence-electron chi connectivity index (χ3n) is 4.03. The fourth-order valence-electron chi connectivity index (χ4n) is 2.70. The fourth-order valence-corrected chi connectivity index (χ4v) is 2.70. The number of Topliss-reactive ketones (excluding diaryl/α,β-unsaturated/α-hetero) is 1. The minimum Gasteiger partial charge on any atom is -0.393 e. The van der Waals surface area contributed by atoms with Crippen molar-refractivity contribution >= 4 is 5.78 Å². The van der Waals surface area contributed by atoms with Gasteiger partial charge in [-0.25, -0.2) is 0 Å². The Hall–Kier alpha value is -1.19. The van der Waals surface area contributed by atoms with E-state index < -0.39 is 6.10 Å². The predicted octanol–water partition coefficient (Wildman–Crippen LogP) is 4.78. The van der Waals surface area contributed by atoms with E-state index in [-0.39, 0.29) is 18.5 Å². The van der Waals surface area contributed by atoms with Crippen molar-refractivity contribution in [3.8, 4) is 0 Å². The van der Waals surface area contributed by atoms with Crippen molar-refractivity contribution in [1.29, 1.82) is 0 Å². The zero-order chi connectivity index (χ0) is 16.9. The van der Waals surface area contributed by atoms with E-state index in [1.807, 2.05) is 30.3 Å². The molecule has 0 aliphatic rings. The number of carbonyl (C=O) groups excluding carboxylic acids is 1. The molecule has 1 aromatic carbocycles. The van der Waals surface area contributed by atoms with E-state index in [1.54, 1.807) is 6.92 Å². The lowest BCUT2D eigenvalue weighted by Crippen LogP contribution is -2.22. The number of ketones is 1. The Morgan fingerprint density at radius 1 is 1.09 bits per heavy atom. The topological polar surface area (TPSA) is 46.5 Å². The molecule has 3 nitrogen and oxygen atoms in total. The molecule has 130 valence electrons. The standard InChI is InChI=1S/C20H32O3/c1-3-4-5-6-7-11-14-19(15-17(2)21)23-16-20(22)18-12-9-8-10-13-18/h8-10,12-13,17,19,21H,3-7,11,14-16H2,1-2H3. The van der Waals surface area contributed by atoms with Crippen molar-refractivity contribution in [1.82, 2.24) is 0 Å². The van der Waals surface area contributed by atoms with Crippen molar-refractivity contribution < 1.29 is 14.6 Å². The highest BCUT2D eigenvalue weighted by atomic mass is 16.5. The number of hydrogen-bond donors (Lipinski definition) is 1. The lowest BCUT2D eigenvalue weighted by molar-refractivity contribution is 0.0146. The van der Waals surface area contributed by atoms with Gasteiger partial charge in [-0.15, -0.1) is 0 Å². The van der Waals surface area contributed by atoms with Crippen molar-refractivity contribution in [3.63, 3.8) is 0 Å². The lowest BCUT2D eigenvalue weighted by Gasteiger charge is -2.19. The zero-order valence-corrected chi connectivity index (χ0v) is 14.7. The van der Waals surface area contributed by atoms with Gasteiger partial charge in [0, 0.05) is 5.56 Å². The highest BCUT2D eigenvalue weighted by Crippen LogP contribution is 2.15. The molecule has 1 rings (SSSR count). The summed E-state index contributed by atoms with van der Waals surface area (Å²) < 4.78 is 5.79. The number of carbonyl (C=O) groups is 1. The van der Waals surface area contributed by atoms with E-state index in [4.69, 9.17) is 4.74 Å². The SMILES string of the molecule is CCCCCCCCC(CC(C)O)OCC(=O)c1ccccc1. The molecule has 3 heteroatoms. The van der Waals surface area contributed by atoms with Crippen LogP contribution in [0, 0.1) is 0 Å². The Morgan fingerprint density at radius 3 is 2.39 bits per heavy atom. The van der Waals surface area contributed by atoms with Crippen LogP contribution < -0.4 is 0 Å². The first-order valence-electron chi connectivity index (χ1n) is 9.01. The monoisotopic (exact) mass is 320 g/mol. The Balaban J connectivity index is 2.31. The van der Waals surface area contributed by atoms with Crippen LogP contribution in [0.3, 0.4) is 0 Å². The summed E-state index contributed by atoms with van der Waals surface area (Å²) in [5, 5.41) is 9.61. The third kappa shape index (κ3) is 9.52. The summed E-state index contributed by atoms with van der Waals surface area (Å²) >= 11 is 0. The molecule has 0 heterocycles. The molecule has 23 heavy (non-hydrogen) atoms. The summed E-state index contributed by atoms with van der Waals surface area (Å²) in [5.41, 5.74) is 0.683. The van der Waals surface area contributed by atoms with E-state index in [2.05, 4.69) is 6.92 Å². The second kappa shape index (κ2) is 12.3. The van der Waals surface area contributed by atoms with Gasteiger partial charge in [-0.3, -0.25) is 4.79 Å². The van der Waals surface area contributed by atoms with E-state index in [0.29, 0.717) is 12.0 Å². The molecule has 0 amide bonds. The normalized spacial score (nSPS) is 13.7. The average Bonchev–Trinajstić information content (AvgIpc) is 2.55. The van der Waals surface area contributed by atoms with Gasteiger partial charge in [0.05, 0.1) is 12.2 Å². The molecular weight excluding hydrogens is 288 g/mol. The quantitative estimate of drug-likeness (QED) is 0.420. The Kier molecular flexibility index (Phi) is 10.6. The molecule has 2 atom stereocenters. The summed E-state index contributed by atoms with van der Waals surface area (Å²) in [7, 11) is 0. The summed E-state index contributed by atoms with van der Waals surface area (Å²) in [4.78, 5) is 12.1. The first kappa shape index (κ1) is 19.9. The molecule has 0 spiro atoms. The molecule has 1 N–H and O–H groups in total. The van der Waals surface area contributed by atoms with E-state index in [0.717, 1.165) is 12.8 Å². The number of rotatable bonds is 13. The average molecular weight is 320 g/mol. The van der Waals surface area contributed by atoms with Gasteiger partial charge < -0.3 is 9.84 Å². The maximum Gasteiger partial charge on any atom is 0.188 e. The summed E-state index contributed by atoms with van der Waals surface area (Å²) in [5.74, 6) is 0.00383. The molecule has 0 fully saturated rings.